The summed E-state index contributed by atoms with van der Waals surface area (Å²) in [6, 6.07) is 4.34. The molecule has 0 spiro atoms. The highest BCUT2D eigenvalue weighted by Crippen LogP contribution is 2.52. The number of halogens is 2. The lowest BCUT2D eigenvalue weighted by Crippen LogP contribution is -2.15. The number of hydrogen-bond acceptors (Lipinski definition) is 1. The van der Waals surface area contributed by atoms with E-state index >= 15 is 0 Å². The number of alkyl halides is 1. The topological polar surface area (TPSA) is 37.3 Å². The van der Waals surface area contributed by atoms with E-state index in [4.69, 9.17) is 5.11 Å². The first-order valence-corrected chi connectivity index (χ1v) is 5.15. The summed E-state index contributed by atoms with van der Waals surface area (Å²) in [4.78, 5) is 10.7. The van der Waals surface area contributed by atoms with Gasteiger partial charge in [0.2, 0.25) is 0 Å². The molecule has 0 unspecified atom stereocenters. The summed E-state index contributed by atoms with van der Waals surface area (Å²) >= 11 is 0. The second kappa shape index (κ2) is 3.85. The van der Waals surface area contributed by atoms with Crippen LogP contribution in [0.2, 0.25) is 0 Å². The first-order chi connectivity index (χ1) is 7.59. The molecule has 2 nitrogen and oxygen atoms in total. The maximum absolute atomic E-state index is 13.4. The van der Waals surface area contributed by atoms with Gasteiger partial charge in [0.05, 0.1) is 6.42 Å². The minimum absolute atomic E-state index is 0.0150. The zero-order valence-electron chi connectivity index (χ0n) is 8.67. The summed E-state index contributed by atoms with van der Waals surface area (Å²) in [7, 11) is 0. The third kappa shape index (κ3) is 1.79. The van der Waals surface area contributed by atoms with Gasteiger partial charge in [-0.2, -0.15) is 0 Å². The molecule has 0 heterocycles. The van der Waals surface area contributed by atoms with E-state index in [0.29, 0.717) is 18.4 Å². The van der Waals surface area contributed by atoms with E-state index in [0.717, 1.165) is 0 Å². The van der Waals surface area contributed by atoms with Crippen LogP contribution >= 0.6 is 0 Å². The molecule has 4 heteroatoms. The van der Waals surface area contributed by atoms with E-state index in [1.54, 1.807) is 6.07 Å². The lowest BCUT2D eigenvalue weighted by Gasteiger charge is -2.16. The van der Waals surface area contributed by atoms with Gasteiger partial charge in [-0.15, -0.1) is 0 Å². The van der Waals surface area contributed by atoms with Crippen LogP contribution in [-0.4, -0.2) is 11.1 Å². The van der Waals surface area contributed by atoms with E-state index in [2.05, 4.69) is 0 Å². The molecule has 86 valence electrons. The molecule has 0 amide bonds. The Morgan fingerprint density at radius 1 is 1.44 bits per heavy atom. The fourth-order valence-corrected chi connectivity index (χ4v) is 2.17. The van der Waals surface area contributed by atoms with Gasteiger partial charge in [-0.25, -0.2) is 8.78 Å². The van der Waals surface area contributed by atoms with Crippen LogP contribution in [0.25, 0.3) is 0 Å². The molecule has 2 rings (SSSR count). The van der Waals surface area contributed by atoms with Crippen molar-refractivity contribution in [3.8, 4) is 0 Å². The number of benzene rings is 1. The number of aliphatic carboxylic acids is 1. The summed E-state index contributed by atoms with van der Waals surface area (Å²) in [6.45, 7) is -0.886. The van der Waals surface area contributed by atoms with E-state index in [9.17, 15) is 13.6 Å². The molecular weight excluding hydrogens is 214 g/mol. The van der Waals surface area contributed by atoms with E-state index < -0.39 is 23.9 Å². The predicted molar refractivity (Wildman–Crippen MR) is 54.4 cm³/mol. The monoisotopic (exact) mass is 226 g/mol. The fourth-order valence-electron chi connectivity index (χ4n) is 2.17. The van der Waals surface area contributed by atoms with Gasteiger partial charge in [0, 0.05) is 11.0 Å². The quantitative estimate of drug-likeness (QED) is 0.857. The first-order valence-electron chi connectivity index (χ1n) is 5.15. The zero-order valence-corrected chi connectivity index (χ0v) is 8.67. The number of carboxylic acid groups (broad SMARTS) is 1. The van der Waals surface area contributed by atoms with Crippen molar-refractivity contribution in [2.24, 2.45) is 0 Å². The molecule has 0 aromatic heterocycles. The third-order valence-electron chi connectivity index (χ3n) is 3.17. The van der Waals surface area contributed by atoms with Crippen LogP contribution in [0, 0.1) is 5.82 Å². The van der Waals surface area contributed by atoms with Crippen LogP contribution in [0.15, 0.2) is 18.2 Å². The summed E-state index contributed by atoms with van der Waals surface area (Å²) in [6.07, 6.45) is 1.33. The van der Waals surface area contributed by atoms with Crippen molar-refractivity contribution in [2.75, 3.05) is 0 Å². The highest BCUT2D eigenvalue weighted by molar-refractivity contribution is 5.70. The lowest BCUT2D eigenvalue weighted by atomic mass is 9.88. The summed E-state index contributed by atoms with van der Waals surface area (Å²) in [5, 5.41) is 8.80. The highest BCUT2D eigenvalue weighted by atomic mass is 19.1. The summed E-state index contributed by atoms with van der Waals surface area (Å²) < 4.78 is 26.1. The van der Waals surface area contributed by atoms with Crippen molar-refractivity contribution < 1.29 is 18.7 Å². The standard InChI is InChI=1S/C12H12F2O2/c13-7-8-9(2-1-3-10(8)14)12(4-5-12)6-11(15)16/h1-3H,4-7H2,(H,15,16). The van der Waals surface area contributed by atoms with Gasteiger partial charge in [0.1, 0.15) is 12.5 Å². The van der Waals surface area contributed by atoms with Crippen molar-refractivity contribution in [3.05, 3.63) is 35.1 Å². The van der Waals surface area contributed by atoms with Crippen LogP contribution in [0.3, 0.4) is 0 Å². The molecular formula is C12H12F2O2. The number of carboxylic acids is 1. The molecule has 1 aromatic rings. The van der Waals surface area contributed by atoms with Gasteiger partial charge in [-0.05, 0) is 24.5 Å². The SMILES string of the molecule is O=C(O)CC1(c2cccc(F)c2CF)CC1. The van der Waals surface area contributed by atoms with Gasteiger partial charge in [0.25, 0.3) is 0 Å². The van der Waals surface area contributed by atoms with Gasteiger partial charge in [-0.3, -0.25) is 4.79 Å². The Morgan fingerprint density at radius 3 is 2.62 bits per heavy atom. The smallest absolute Gasteiger partial charge is 0.304 e. The number of carbonyl (C=O) groups is 1. The number of rotatable bonds is 4. The summed E-state index contributed by atoms with van der Waals surface area (Å²) in [5.41, 5.74) is 0.00803. The Balaban J connectivity index is 2.40. The van der Waals surface area contributed by atoms with Crippen molar-refractivity contribution in [3.63, 3.8) is 0 Å². The number of hydrogen-bond donors (Lipinski definition) is 1. The second-order valence-corrected chi connectivity index (χ2v) is 4.25. The Kier molecular flexibility index (Phi) is 2.66. The van der Waals surface area contributed by atoms with E-state index in [1.165, 1.54) is 12.1 Å². The van der Waals surface area contributed by atoms with Gasteiger partial charge >= 0.3 is 5.97 Å². The molecule has 1 aliphatic carbocycles. The van der Waals surface area contributed by atoms with Crippen LogP contribution < -0.4 is 0 Å². The molecule has 0 atom stereocenters. The van der Waals surface area contributed by atoms with Gasteiger partial charge < -0.3 is 5.11 Å². The van der Waals surface area contributed by atoms with Crippen molar-refractivity contribution in [2.45, 2.75) is 31.4 Å². The van der Waals surface area contributed by atoms with Crippen molar-refractivity contribution in [1.29, 1.82) is 0 Å². The Bertz CT molecular complexity index is 425. The minimum Gasteiger partial charge on any atom is -0.481 e. The average Bonchev–Trinajstić information content (AvgIpc) is 2.97. The molecule has 0 aliphatic heterocycles. The second-order valence-electron chi connectivity index (χ2n) is 4.25. The third-order valence-corrected chi connectivity index (χ3v) is 3.17. The fraction of sp³-hybridized carbons (Fsp3) is 0.417. The zero-order chi connectivity index (χ0) is 11.8. The molecule has 1 saturated carbocycles. The lowest BCUT2D eigenvalue weighted by molar-refractivity contribution is -0.137. The van der Waals surface area contributed by atoms with Gasteiger partial charge in [-0.1, -0.05) is 12.1 Å². The average molecular weight is 226 g/mol. The van der Waals surface area contributed by atoms with Gasteiger partial charge in [0.15, 0.2) is 0 Å². The van der Waals surface area contributed by atoms with Crippen LogP contribution in [0.4, 0.5) is 8.78 Å². The molecule has 16 heavy (non-hydrogen) atoms. The van der Waals surface area contributed by atoms with Crippen LogP contribution in [0.1, 0.15) is 30.4 Å². The predicted octanol–water partition coefficient (Wildman–Crippen LogP) is 2.80. The molecule has 1 N–H and O–H groups in total. The maximum Gasteiger partial charge on any atom is 0.304 e. The molecule has 0 bridgehead atoms. The first kappa shape index (κ1) is 11.0. The largest absolute Gasteiger partial charge is 0.481 e. The molecule has 1 aliphatic rings. The normalized spacial score (nSPS) is 17.1. The van der Waals surface area contributed by atoms with E-state index in [1.807, 2.05) is 0 Å². The van der Waals surface area contributed by atoms with Crippen molar-refractivity contribution >= 4 is 5.97 Å². The molecule has 1 aromatic carbocycles. The van der Waals surface area contributed by atoms with Crippen LogP contribution in [-0.2, 0) is 16.9 Å². The van der Waals surface area contributed by atoms with Crippen molar-refractivity contribution in [1.82, 2.24) is 0 Å². The Morgan fingerprint density at radius 2 is 2.12 bits per heavy atom. The molecule has 0 saturated heterocycles. The summed E-state index contributed by atoms with van der Waals surface area (Å²) in [5.74, 6) is -1.51. The Hall–Kier alpha value is -1.45. The minimum atomic E-state index is -0.924. The molecule has 0 radical (unpaired) electrons. The molecule has 1 fully saturated rings. The Labute approximate surface area is 91.9 Å². The highest BCUT2D eigenvalue weighted by Gasteiger charge is 2.47. The van der Waals surface area contributed by atoms with Crippen LogP contribution in [0.5, 0.6) is 0 Å². The van der Waals surface area contributed by atoms with E-state index in [-0.39, 0.29) is 12.0 Å². The maximum atomic E-state index is 13.4.